The fourth-order valence-corrected chi connectivity index (χ4v) is 5.16. The van der Waals surface area contributed by atoms with Crippen LogP contribution in [0.5, 0.6) is 0 Å². The van der Waals surface area contributed by atoms with Crippen molar-refractivity contribution < 1.29 is 4.79 Å². The summed E-state index contributed by atoms with van der Waals surface area (Å²) < 4.78 is 0. The fourth-order valence-electron chi connectivity index (χ4n) is 5.16. The number of carbonyl (C=O) groups is 1. The number of pyridine rings is 1. The first kappa shape index (κ1) is 22.3. The second-order valence-electron chi connectivity index (χ2n) is 9.62. The normalized spacial score (nSPS) is 22.4. The minimum atomic E-state index is 0.0671. The SMILES string of the molecule is CN1CCN(c2cc(CNC(=O)N3CCCN(CC4CCCCC4)CC3)ccn2)CC1. The molecule has 7 nitrogen and oxygen atoms in total. The summed E-state index contributed by atoms with van der Waals surface area (Å²) in [6, 6.07) is 4.20. The Morgan fingerprint density at radius 3 is 2.61 bits per heavy atom. The van der Waals surface area contributed by atoms with E-state index < -0.39 is 0 Å². The Bertz CT molecular complexity index is 699. The lowest BCUT2D eigenvalue weighted by molar-refractivity contribution is 0.189. The number of nitrogens with zero attached hydrogens (tertiary/aromatic N) is 5. The number of aromatic nitrogens is 1. The van der Waals surface area contributed by atoms with Crippen LogP contribution in [-0.4, -0.2) is 91.7 Å². The molecule has 4 rings (SSSR count). The van der Waals surface area contributed by atoms with Gasteiger partial charge in [-0.1, -0.05) is 19.3 Å². The maximum absolute atomic E-state index is 12.8. The zero-order chi connectivity index (χ0) is 21.5. The van der Waals surface area contributed by atoms with Gasteiger partial charge >= 0.3 is 6.03 Å². The number of amides is 2. The average molecular weight is 429 g/mol. The molecule has 3 aliphatic rings. The Morgan fingerprint density at radius 2 is 1.81 bits per heavy atom. The van der Waals surface area contributed by atoms with Gasteiger partial charge in [0.1, 0.15) is 5.82 Å². The molecular weight excluding hydrogens is 388 g/mol. The van der Waals surface area contributed by atoms with Crippen LogP contribution < -0.4 is 10.2 Å². The van der Waals surface area contributed by atoms with E-state index in [0.717, 1.165) is 76.1 Å². The van der Waals surface area contributed by atoms with Crippen molar-refractivity contribution in [1.29, 1.82) is 0 Å². The summed E-state index contributed by atoms with van der Waals surface area (Å²) in [5, 5.41) is 3.14. The number of piperazine rings is 1. The highest BCUT2D eigenvalue weighted by Gasteiger charge is 2.22. The van der Waals surface area contributed by atoms with Crippen molar-refractivity contribution in [3.05, 3.63) is 23.9 Å². The quantitative estimate of drug-likeness (QED) is 0.781. The second-order valence-corrected chi connectivity index (χ2v) is 9.62. The summed E-state index contributed by atoms with van der Waals surface area (Å²) >= 11 is 0. The Kier molecular flexibility index (Phi) is 8.03. The van der Waals surface area contributed by atoms with Gasteiger partial charge in [-0.25, -0.2) is 9.78 Å². The summed E-state index contributed by atoms with van der Waals surface area (Å²) in [5.41, 5.74) is 1.12. The van der Waals surface area contributed by atoms with Crippen molar-refractivity contribution in [2.75, 3.05) is 70.9 Å². The van der Waals surface area contributed by atoms with E-state index in [0.29, 0.717) is 6.54 Å². The first-order valence-corrected chi connectivity index (χ1v) is 12.3. The molecule has 0 unspecified atom stereocenters. The number of urea groups is 1. The second kappa shape index (κ2) is 11.1. The number of hydrogen-bond acceptors (Lipinski definition) is 5. The first-order valence-electron chi connectivity index (χ1n) is 12.3. The van der Waals surface area contributed by atoms with E-state index in [1.807, 2.05) is 17.2 Å². The van der Waals surface area contributed by atoms with Gasteiger partial charge < -0.3 is 24.9 Å². The van der Waals surface area contributed by atoms with Crippen LogP contribution in [0.1, 0.15) is 44.1 Å². The number of rotatable bonds is 5. The monoisotopic (exact) mass is 428 g/mol. The smallest absolute Gasteiger partial charge is 0.317 e. The molecule has 0 bridgehead atoms. The third-order valence-corrected chi connectivity index (χ3v) is 7.20. The Morgan fingerprint density at radius 1 is 1.00 bits per heavy atom. The van der Waals surface area contributed by atoms with Crippen molar-refractivity contribution in [3.63, 3.8) is 0 Å². The van der Waals surface area contributed by atoms with Crippen molar-refractivity contribution in [2.45, 2.75) is 45.1 Å². The molecule has 1 aromatic rings. The van der Waals surface area contributed by atoms with Crippen LogP contribution in [0.15, 0.2) is 18.3 Å². The zero-order valence-electron chi connectivity index (χ0n) is 19.3. The maximum atomic E-state index is 12.8. The summed E-state index contributed by atoms with van der Waals surface area (Å²) in [7, 11) is 2.16. The predicted octanol–water partition coefficient (Wildman–Crippen LogP) is 2.63. The number of carbonyl (C=O) groups excluding carboxylic acids is 1. The molecule has 1 aromatic heterocycles. The van der Waals surface area contributed by atoms with Crippen LogP contribution in [0, 0.1) is 5.92 Å². The van der Waals surface area contributed by atoms with Crippen LogP contribution in [0.3, 0.4) is 0 Å². The average Bonchev–Trinajstić information content (AvgIpc) is 3.04. The molecule has 0 radical (unpaired) electrons. The molecule has 1 N–H and O–H groups in total. The van der Waals surface area contributed by atoms with E-state index in [-0.39, 0.29) is 6.03 Å². The van der Waals surface area contributed by atoms with E-state index in [4.69, 9.17) is 0 Å². The van der Waals surface area contributed by atoms with Gasteiger partial charge in [0.2, 0.25) is 0 Å². The van der Waals surface area contributed by atoms with Crippen molar-refractivity contribution in [3.8, 4) is 0 Å². The summed E-state index contributed by atoms with van der Waals surface area (Å²) in [6.45, 7) is 9.74. The van der Waals surface area contributed by atoms with Crippen LogP contribution in [0.25, 0.3) is 0 Å². The molecule has 2 amide bonds. The minimum absolute atomic E-state index is 0.0671. The van der Waals surface area contributed by atoms with E-state index >= 15 is 0 Å². The van der Waals surface area contributed by atoms with Crippen molar-refractivity contribution in [1.82, 2.24) is 25.0 Å². The van der Waals surface area contributed by atoms with Crippen molar-refractivity contribution >= 4 is 11.8 Å². The molecular formula is C24H40N6O. The van der Waals surface area contributed by atoms with Gasteiger partial charge in [-0.15, -0.1) is 0 Å². The summed E-state index contributed by atoms with van der Waals surface area (Å²) in [5.74, 6) is 1.89. The highest BCUT2D eigenvalue weighted by molar-refractivity contribution is 5.74. The lowest BCUT2D eigenvalue weighted by Crippen LogP contribution is -2.45. The molecule has 1 saturated carbocycles. The van der Waals surface area contributed by atoms with Gasteiger partial charge in [-0.2, -0.15) is 0 Å². The lowest BCUT2D eigenvalue weighted by Gasteiger charge is -2.33. The molecule has 172 valence electrons. The van der Waals surface area contributed by atoms with Gasteiger partial charge in [-0.3, -0.25) is 0 Å². The van der Waals surface area contributed by atoms with E-state index in [1.54, 1.807) is 0 Å². The van der Waals surface area contributed by atoms with Gasteiger partial charge in [0.05, 0.1) is 0 Å². The summed E-state index contributed by atoms with van der Waals surface area (Å²) in [6.07, 6.45) is 9.94. The third kappa shape index (κ3) is 6.56. The number of anilines is 1. The van der Waals surface area contributed by atoms with Crippen LogP contribution >= 0.6 is 0 Å². The molecule has 2 aliphatic heterocycles. The molecule has 2 saturated heterocycles. The summed E-state index contributed by atoms with van der Waals surface area (Å²) in [4.78, 5) is 26.6. The number of nitrogens with one attached hydrogen (secondary N) is 1. The van der Waals surface area contributed by atoms with Gasteiger partial charge in [-0.05, 0) is 56.5 Å². The highest BCUT2D eigenvalue weighted by atomic mass is 16.2. The van der Waals surface area contributed by atoms with Crippen LogP contribution in [-0.2, 0) is 6.54 Å². The molecule has 31 heavy (non-hydrogen) atoms. The maximum Gasteiger partial charge on any atom is 0.317 e. The molecule has 0 aromatic carbocycles. The Balaban J connectivity index is 1.23. The number of hydrogen-bond donors (Lipinski definition) is 1. The largest absolute Gasteiger partial charge is 0.354 e. The van der Waals surface area contributed by atoms with Gasteiger partial charge in [0.15, 0.2) is 0 Å². The van der Waals surface area contributed by atoms with Crippen molar-refractivity contribution in [2.24, 2.45) is 5.92 Å². The molecule has 1 aliphatic carbocycles. The Hall–Kier alpha value is -1.86. The van der Waals surface area contributed by atoms with E-state index in [2.05, 4.69) is 38.1 Å². The van der Waals surface area contributed by atoms with E-state index in [1.165, 1.54) is 38.6 Å². The Labute approximate surface area is 187 Å². The topological polar surface area (TPSA) is 55.0 Å². The molecule has 0 spiro atoms. The van der Waals surface area contributed by atoms with Crippen LogP contribution in [0.4, 0.5) is 10.6 Å². The predicted molar refractivity (Wildman–Crippen MR) is 125 cm³/mol. The van der Waals surface area contributed by atoms with Gasteiger partial charge in [0.25, 0.3) is 0 Å². The van der Waals surface area contributed by atoms with E-state index in [9.17, 15) is 4.79 Å². The lowest BCUT2D eigenvalue weighted by atomic mass is 9.89. The number of likely N-dealkylation sites (N-methyl/N-ethyl adjacent to an activating group) is 1. The molecule has 3 fully saturated rings. The minimum Gasteiger partial charge on any atom is -0.354 e. The van der Waals surface area contributed by atoms with Crippen LogP contribution in [0.2, 0.25) is 0 Å². The fraction of sp³-hybridized carbons (Fsp3) is 0.750. The first-order chi connectivity index (χ1) is 15.2. The molecule has 3 heterocycles. The zero-order valence-corrected chi connectivity index (χ0v) is 19.3. The molecule has 7 heteroatoms. The molecule has 0 atom stereocenters. The third-order valence-electron chi connectivity index (χ3n) is 7.20. The standard InChI is InChI=1S/C24H40N6O/c1-27-12-15-29(16-13-27)23-18-22(8-9-25-23)19-26-24(31)30-11-5-10-28(14-17-30)20-21-6-3-2-4-7-21/h8-9,18,21H,2-7,10-17,19-20H2,1H3,(H,26,31). The highest BCUT2D eigenvalue weighted by Crippen LogP contribution is 2.24. The van der Waals surface area contributed by atoms with Gasteiger partial charge in [0, 0.05) is 65.1 Å².